The van der Waals surface area contributed by atoms with Gasteiger partial charge in [0, 0.05) is 0 Å². The summed E-state index contributed by atoms with van der Waals surface area (Å²) < 4.78 is 0. The van der Waals surface area contributed by atoms with E-state index in [4.69, 9.17) is 0 Å². The van der Waals surface area contributed by atoms with Gasteiger partial charge < -0.3 is 10.4 Å². The van der Waals surface area contributed by atoms with E-state index in [0.717, 1.165) is 24.9 Å². The molecule has 0 fully saturated rings. The second-order valence-electron chi connectivity index (χ2n) is 3.34. The SMILES string of the molecule is CNCCCc1cc(C)ccc1O. The van der Waals surface area contributed by atoms with Crippen LogP contribution in [0.25, 0.3) is 0 Å². The lowest BCUT2D eigenvalue weighted by molar-refractivity contribution is 0.466. The fourth-order valence-electron chi connectivity index (χ4n) is 1.37. The second-order valence-corrected chi connectivity index (χ2v) is 3.34. The van der Waals surface area contributed by atoms with E-state index in [1.807, 2.05) is 26.1 Å². The number of aromatic hydroxyl groups is 1. The summed E-state index contributed by atoms with van der Waals surface area (Å²) in [5.74, 6) is 0.418. The Labute approximate surface area is 79.6 Å². The van der Waals surface area contributed by atoms with Gasteiger partial charge in [0.2, 0.25) is 0 Å². The second kappa shape index (κ2) is 4.87. The van der Waals surface area contributed by atoms with E-state index < -0.39 is 0 Å². The Kier molecular flexibility index (Phi) is 3.77. The lowest BCUT2D eigenvalue weighted by atomic mass is 10.1. The molecule has 0 saturated carbocycles. The Balaban J connectivity index is 2.59. The smallest absolute Gasteiger partial charge is 0.118 e. The highest BCUT2D eigenvalue weighted by atomic mass is 16.3. The van der Waals surface area contributed by atoms with Gasteiger partial charge in [-0.15, -0.1) is 0 Å². The first-order valence-electron chi connectivity index (χ1n) is 4.67. The van der Waals surface area contributed by atoms with Crippen LogP contribution in [0, 0.1) is 6.92 Å². The molecule has 2 nitrogen and oxygen atoms in total. The normalized spacial score (nSPS) is 10.3. The summed E-state index contributed by atoms with van der Waals surface area (Å²) in [6.07, 6.45) is 2.00. The van der Waals surface area contributed by atoms with Crippen molar-refractivity contribution in [2.45, 2.75) is 19.8 Å². The minimum Gasteiger partial charge on any atom is -0.508 e. The van der Waals surface area contributed by atoms with Crippen LogP contribution in [0.3, 0.4) is 0 Å². The molecule has 13 heavy (non-hydrogen) atoms. The van der Waals surface area contributed by atoms with Gasteiger partial charge in [0.15, 0.2) is 0 Å². The number of aryl methyl sites for hydroxylation is 2. The molecule has 0 aromatic heterocycles. The number of rotatable bonds is 4. The van der Waals surface area contributed by atoms with Crippen molar-refractivity contribution in [2.75, 3.05) is 13.6 Å². The molecule has 0 amide bonds. The molecule has 0 aliphatic heterocycles. The number of phenolic OH excluding ortho intramolecular Hbond substituents is 1. The monoisotopic (exact) mass is 179 g/mol. The standard InChI is InChI=1S/C11H17NO/c1-9-5-6-11(13)10(8-9)4-3-7-12-2/h5-6,8,12-13H,3-4,7H2,1-2H3. The third-order valence-electron chi connectivity index (χ3n) is 2.11. The van der Waals surface area contributed by atoms with E-state index in [-0.39, 0.29) is 0 Å². The molecule has 0 radical (unpaired) electrons. The lowest BCUT2D eigenvalue weighted by Crippen LogP contribution is -2.08. The first-order valence-corrected chi connectivity index (χ1v) is 4.67. The van der Waals surface area contributed by atoms with Gasteiger partial charge in [-0.05, 0) is 45.0 Å². The maximum absolute atomic E-state index is 9.51. The Bertz CT molecular complexity index is 271. The molecular weight excluding hydrogens is 162 g/mol. The number of phenols is 1. The van der Waals surface area contributed by atoms with Gasteiger partial charge >= 0.3 is 0 Å². The summed E-state index contributed by atoms with van der Waals surface area (Å²) in [6, 6.07) is 5.74. The van der Waals surface area contributed by atoms with Crippen LogP contribution >= 0.6 is 0 Å². The van der Waals surface area contributed by atoms with Crippen molar-refractivity contribution >= 4 is 0 Å². The molecule has 2 heteroatoms. The first-order chi connectivity index (χ1) is 6.24. The van der Waals surface area contributed by atoms with Crippen LogP contribution in [0.15, 0.2) is 18.2 Å². The zero-order valence-corrected chi connectivity index (χ0v) is 8.30. The van der Waals surface area contributed by atoms with Crippen molar-refractivity contribution in [1.29, 1.82) is 0 Å². The molecule has 0 atom stereocenters. The molecule has 1 rings (SSSR count). The number of benzene rings is 1. The zero-order chi connectivity index (χ0) is 9.68. The topological polar surface area (TPSA) is 32.3 Å². The maximum atomic E-state index is 9.51. The van der Waals surface area contributed by atoms with Crippen molar-refractivity contribution in [2.24, 2.45) is 0 Å². The summed E-state index contributed by atoms with van der Waals surface area (Å²) in [5, 5.41) is 12.6. The van der Waals surface area contributed by atoms with Crippen LogP contribution < -0.4 is 5.32 Å². The summed E-state index contributed by atoms with van der Waals surface area (Å²) in [4.78, 5) is 0. The van der Waals surface area contributed by atoms with Crippen LogP contribution in [0.4, 0.5) is 0 Å². The van der Waals surface area contributed by atoms with Crippen LogP contribution in [0.2, 0.25) is 0 Å². The van der Waals surface area contributed by atoms with Gasteiger partial charge in [-0.25, -0.2) is 0 Å². The van der Waals surface area contributed by atoms with E-state index in [2.05, 4.69) is 5.32 Å². The van der Waals surface area contributed by atoms with Crippen LogP contribution in [0.5, 0.6) is 5.75 Å². The van der Waals surface area contributed by atoms with Crippen LogP contribution in [-0.4, -0.2) is 18.7 Å². The molecule has 1 aromatic rings. The average Bonchev–Trinajstić information content (AvgIpc) is 2.11. The van der Waals surface area contributed by atoms with Crippen molar-refractivity contribution in [3.8, 4) is 5.75 Å². The van der Waals surface area contributed by atoms with Crippen molar-refractivity contribution in [1.82, 2.24) is 5.32 Å². The average molecular weight is 179 g/mol. The Morgan fingerprint density at radius 3 is 2.85 bits per heavy atom. The first kappa shape index (κ1) is 10.1. The quantitative estimate of drug-likeness (QED) is 0.691. The molecular formula is C11H17NO. The molecule has 0 heterocycles. The largest absolute Gasteiger partial charge is 0.508 e. The van der Waals surface area contributed by atoms with Crippen molar-refractivity contribution < 1.29 is 5.11 Å². The number of hydrogen-bond donors (Lipinski definition) is 2. The minimum atomic E-state index is 0.418. The minimum absolute atomic E-state index is 0.418. The predicted molar refractivity (Wildman–Crippen MR) is 55.1 cm³/mol. The highest BCUT2D eigenvalue weighted by Gasteiger charge is 1.99. The van der Waals surface area contributed by atoms with E-state index in [0.29, 0.717) is 5.75 Å². The maximum Gasteiger partial charge on any atom is 0.118 e. The number of hydrogen-bond acceptors (Lipinski definition) is 2. The molecule has 1 aromatic carbocycles. The van der Waals surface area contributed by atoms with Gasteiger partial charge in [-0.1, -0.05) is 17.7 Å². The molecule has 0 aliphatic rings. The third-order valence-corrected chi connectivity index (χ3v) is 2.11. The van der Waals surface area contributed by atoms with Crippen molar-refractivity contribution in [3.05, 3.63) is 29.3 Å². The molecule has 0 bridgehead atoms. The molecule has 72 valence electrons. The Hall–Kier alpha value is -1.02. The molecule has 0 unspecified atom stereocenters. The highest BCUT2D eigenvalue weighted by molar-refractivity contribution is 5.35. The van der Waals surface area contributed by atoms with E-state index in [1.54, 1.807) is 6.07 Å². The lowest BCUT2D eigenvalue weighted by Gasteiger charge is -2.05. The summed E-state index contributed by atoms with van der Waals surface area (Å²) in [5.41, 5.74) is 2.26. The summed E-state index contributed by atoms with van der Waals surface area (Å²) in [6.45, 7) is 3.04. The van der Waals surface area contributed by atoms with E-state index in [9.17, 15) is 5.11 Å². The number of nitrogens with one attached hydrogen (secondary N) is 1. The zero-order valence-electron chi connectivity index (χ0n) is 8.30. The van der Waals surface area contributed by atoms with E-state index >= 15 is 0 Å². The molecule has 0 spiro atoms. The molecule has 2 N–H and O–H groups in total. The van der Waals surface area contributed by atoms with Gasteiger partial charge in [0.1, 0.15) is 5.75 Å². The highest BCUT2D eigenvalue weighted by Crippen LogP contribution is 2.19. The van der Waals surface area contributed by atoms with Crippen molar-refractivity contribution in [3.63, 3.8) is 0 Å². The van der Waals surface area contributed by atoms with Gasteiger partial charge in [0.05, 0.1) is 0 Å². The Morgan fingerprint density at radius 2 is 2.15 bits per heavy atom. The molecule has 0 aliphatic carbocycles. The molecule has 0 saturated heterocycles. The Morgan fingerprint density at radius 1 is 1.38 bits per heavy atom. The third kappa shape index (κ3) is 3.07. The van der Waals surface area contributed by atoms with E-state index in [1.165, 1.54) is 5.56 Å². The van der Waals surface area contributed by atoms with Crippen LogP contribution in [0.1, 0.15) is 17.5 Å². The predicted octanol–water partition coefficient (Wildman–Crippen LogP) is 1.85. The fourth-order valence-corrected chi connectivity index (χ4v) is 1.37. The summed E-state index contributed by atoms with van der Waals surface area (Å²) in [7, 11) is 1.94. The van der Waals surface area contributed by atoms with Gasteiger partial charge in [-0.3, -0.25) is 0 Å². The fraction of sp³-hybridized carbons (Fsp3) is 0.455. The van der Waals surface area contributed by atoms with Gasteiger partial charge in [-0.2, -0.15) is 0 Å². The van der Waals surface area contributed by atoms with Crippen LogP contribution in [-0.2, 0) is 6.42 Å². The van der Waals surface area contributed by atoms with Gasteiger partial charge in [0.25, 0.3) is 0 Å². The summed E-state index contributed by atoms with van der Waals surface area (Å²) >= 11 is 0.